The van der Waals surface area contributed by atoms with Gasteiger partial charge in [0.2, 0.25) is 0 Å². The number of ether oxygens (including phenoxy) is 1. The molecule has 0 fully saturated rings. The quantitative estimate of drug-likeness (QED) is 0.795. The van der Waals surface area contributed by atoms with Crippen LogP contribution >= 0.6 is 0 Å². The monoisotopic (exact) mass is 261 g/mol. The highest BCUT2D eigenvalue weighted by Gasteiger charge is 2.23. The fourth-order valence-electron chi connectivity index (χ4n) is 2.37. The molecule has 2 rings (SSSR count). The van der Waals surface area contributed by atoms with Gasteiger partial charge in [-0.05, 0) is 37.3 Å². The lowest BCUT2D eigenvalue weighted by Gasteiger charge is -2.20. The molecule has 0 saturated carbocycles. The van der Waals surface area contributed by atoms with Gasteiger partial charge in [0.05, 0.1) is 0 Å². The molecule has 0 radical (unpaired) electrons. The van der Waals surface area contributed by atoms with Crippen LogP contribution in [0.25, 0.3) is 0 Å². The van der Waals surface area contributed by atoms with E-state index in [9.17, 15) is 9.59 Å². The van der Waals surface area contributed by atoms with Crippen LogP contribution in [0.1, 0.15) is 32.1 Å². The summed E-state index contributed by atoms with van der Waals surface area (Å²) in [6, 6.07) is 0. The maximum absolute atomic E-state index is 12.3. The highest BCUT2D eigenvalue weighted by Crippen LogP contribution is 2.27. The van der Waals surface area contributed by atoms with Crippen LogP contribution in [-0.4, -0.2) is 18.9 Å². The van der Waals surface area contributed by atoms with E-state index in [0.29, 0.717) is 18.6 Å². The Morgan fingerprint density at radius 2 is 2.11 bits per heavy atom. The van der Waals surface area contributed by atoms with Crippen molar-refractivity contribution in [2.75, 3.05) is 7.05 Å². The summed E-state index contributed by atoms with van der Waals surface area (Å²) in [4.78, 5) is 23.4. The van der Waals surface area contributed by atoms with Gasteiger partial charge in [0.15, 0.2) is 5.78 Å². The van der Waals surface area contributed by atoms with Gasteiger partial charge in [0, 0.05) is 19.4 Å². The first kappa shape index (κ1) is 13.6. The third kappa shape index (κ3) is 3.56. The number of hydrogen-bond donors (Lipinski definition) is 1. The summed E-state index contributed by atoms with van der Waals surface area (Å²) >= 11 is 0. The molecule has 0 spiro atoms. The molecule has 4 nitrogen and oxygen atoms in total. The molecule has 2 aliphatic rings. The molecule has 0 aromatic carbocycles. The van der Waals surface area contributed by atoms with Gasteiger partial charge in [-0.1, -0.05) is 18.2 Å². The van der Waals surface area contributed by atoms with Crippen molar-refractivity contribution >= 4 is 11.9 Å². The van der Waals surface area contributed by atoms with Gasteiger partial charge in [-0.2, -0.15) is 0 Å². The standard InChI is InChI=1S/C15H19NO3/c1-16-15(18)19-13-9-7-12(8-10-13)14(17)11-5-3-2-4-6-11/h2-3,7,9,11H,4-6,8,10H2,1H3,(H,16,18). The average Bonchev–Trinajstić information content (AvgIpc) is 2.48. The van der Waals surface area contributed by atoms with Gasteiger partial charge < -0.3 is 10.1 Å². The molecule has 2 aliphatic carbocycles. The lowest BCUT2D eigenvalue weighted by molar-refractivity contribution is -0.119. The summed E-state index contributed by atoms with van der Waals surface area (Å²) in [5.74, 6) is 0.991. The van der Waals surface area contributed by atoms with Crippen LogP contribution in [0, 0.1) is 5.92 Å². The molecule has 1 N–H and O–H groups in total. The molecule has 0 aliphatic heterocycles. The molecule has 4 heteroatoms. The summed E-state index contributed by atoms with van der Waals surface area (Å²) < 4.78 is 5.06. The Kier molecular flexibility index (Phi) is 4.55. The molecule has 1 amide bonds. The van der Waals surface area contributed by atoms with Crippen LogP contribution in [0.3, 0.4) is 0 Å². The topological polar surface area (TPSA) is 55.4 Å². The average molecular weight is 261 g/mol. The van der Waals surface area contributed by atoms with Gasteiger partial charge in [-0.25, -0.2) is 4.79 Å². The van der Waals surface area contributed by atoms with E-state index in [4.69, 9.17) is 4.74 Å². The minimum Gasteiger partial charge on any atom is -0.415 e. The fraction of sp³-hybridized carbons (Fsp3) is 0.467. The number of amides is 1. The summed E-state index contributed by atoms with van der Waals surface area (Å²) in [5.41, 5.74) is 0.851. The third-order valence-electron chi connectivity index (χ3n) is 3.50. The lowest BCUT2D eigenvalue weighted by atomic mass is 9.85. The molecule has 102 valence electrons. The van der Waals surface area contributed by atoms with E-state index >= 15 is 0 Å². The summed E-state index contributed by atoms with van der Waals surface area (Å²) in [6.45, 7) is 0. The lowest BCUT2D eigenvalue weighted by Crippen LogP contribution is -2.21. The molecular weight excluding hydrogens is 242 g/mol. The van der Waals surface area contributed by atoms with E-state index in [0.717, 1.165) is 24.8 Å². The second-order valence-corrected chi connectivity index (χ2v) is 4.81. The number of rotatable bonds is 3. The second-order valence-electron chi connectivity index (χ2n) is 4.81. The third-order valence-corrected chi connectivity index (χ3v) is 3.50. The van der Waals surface area contributed by atoms with Crippen molar-refractivity contribution < 1.29 is 14.3 Å². The van der Waals surface area contributed by atoms with Gasteiger partial charge in [-0.3, -0.25) is 4.79 Å². The normalized spacial score (nSPS) is 22.3. The first-order valence-electron chi connectivity index (χ1n) is 6.69. The zero-order valence-corrected chi connectivity index (χ0v) is 11.1. The maximum atomic E-state index is 12.3. The predicted octanol–water partition coefficient (Wildman–Crippen LogP) is 2.87. The van der Waals surface area contributed by atoms with Crippen LogP contribution in [0.5, 0.6) is 0 Å². The number of ketones is 1. The van der Waals surface area contributed by atoms with Crippen molar-refractivity contribution in [1.29, 1.82) is 0 Å². The van der Waals surface area contributed by atoms with E-state index in [1.54, 1.807) is 12.2 Å². The summed E-state index contributed by atoms with van der Waals surface area (Å²) in [7, 11) is 1.52. The number of alkyl carbamates (subject to hydrolysis) is 1. The molecule has 1 atom stereocenters. The molecule has 19 heavy (non-hydrogen) atoms. The smallest absolute Gasteiger partial charge is 0.412 e. The fourth-order valence-corrected chi connectivity index (χ4v) is 2.37. The molecule has 0 aromatic rings. The molecule has 0 heterocycles. The van der Waals surface area contributed by atoms with Crippen molar-refractivity contribution in [3.05, 3.63) is 35.6 Å². The minimum atomic E-state index is -0.466. The first-order chi connectivity index (χ1) is 9.20. The highest BCUT2D eigenvalue weighted by molar-refractivity contribution is 5.97. The van der Waals surface area contributed by atoms with E-state index in [-0.39, 0.29) is 11.7 Å². The number of allylic oxidation sites excluding steroid dienone is 6. The summed E-state index contributed by atoms with van der Waals surface area (Å²) in [5, 5.41) is 2.40. The van der Waals surface area contributed by atoms with Crippen LogP contribution in [-0.2, 0) is 9.53 Å². The SMILES string of the molecule is CNC(=O)OC1=CC=C(C(=O)C2CC=CCC2)CC1. The number of carbonyl (C=O) groups excluding carboxylic acids is 2. The maximum Gasteiger partial charge on any atom is 0.412 e. The minimum absolute atomic E-state index is 0.131. The van der Waals surface area contributed by atoms with Crippen molar-refractivity contribution in [1.82, 2.24) is 5.32 Å². The van der Waals surface area contributed by atoms with Crippen LogP contribution in [0.2, 0.25) is 0 Å². The van der Waals surface area contributed by atoms with Gasteiger partial charge in [-0.15, -0.1) is 0 Å². The Balaban J connectivity index is 1.97. The van der Waals surface area contributed by atoms with Crippen molar-refractivity contribution in [2.45, 2.75) is 32.1 Å². The zero-order chi connectivity index (χ0) is 13.7. The Morgan fingerprint density at radius 3 is 2.68 bits per heavy atom. The molecular formula is C15H19NO3. The Morgan fingerprint density at radius 1 is 1.26 bits per heavy atom. The number of hydrogen-bond acceptors (Lipinski definition) is 3. The van der Waals surface area contributed by atoms with E-state index < -0.39 is 6.09 Å². The molecule has 1 unspecified atom stereocenters. The van der Waals surface area contributed by atoms with E-state index in [1.807, 2.05) is 0 Å². The van der Waals surface area contributed by atoms with Crippen LogP contribution in [0.15, 0.2) is 35.6 Å². The number of carbonyl (C=O) groups is 2. The van der Waals surface area contributed by atoms with Crippen LogP contribution < -0.4 is 5.32 Å². The van der Waals surface area contributed by atoms with Crippen molar-refractivity contribution in [3.8, 4) is 0 Å². The second kappa shape index (κ2) is 6.36. The number of nitrogens with one attached hydrogen (secondary N) is 1. The Labute approximate surface area is 113 Å². The summed E-state index contributed by atoms with van der Waals surface area (Å²) in [6.07, 6.45) is 11.3. The van der Waals surface area contributed by atoms with Gasteiger partial charge in [0.25, 0.3) is 0 Å². The van der Waals surface area contributed by atoms with Gasteiger partial charge in [0.1, 0.15) is 5.76 Å². The first-order valence-corrected chi connectivity index (χ1v) is 6.69. The molecule has 0 saturated heterocycles. The van der Waals surface area contributed by atoms with Crippen molar-refractivity contribution in [2.24, 2.45) is 5.92 Å². The van der Waals surface area contributed by atoms with Gasteiger partial charge >= 0.3 is 6.09 Å². The Hall–Kier alpha value is -1.84. The van der Waals surface area contributed by atoms with E-state index in [1.165, 1.54) is 7.05 Å². The zero-order valence-electron chi connectivity index (χ0n) is 11.1. The van der Waals surface area contributed by atoms with E-state index in [2.05, 4.69) is 17.5 Å². The molecule has 0 bridgehead atoms. The van der Waals surface area contributed by atoms with Crippen molar-refractivity contribution in [3.63, 3.8) is 0 Å². The predicted molar refractivity (Wildman–Crippen MR) is 72.4 cm³/mol. The molecule has 0 aromatic heterocycles. The van der Waals surface area contributed by atoms with Crippen LogP contribution in [0.4, 0.5) is 4.79 Å². The largest absolute Gasteiger partial charge is 0.415 e. The Bertz CT molecular complexity index is 460. The number of Topliss-reactive ketones (excluding diaryl/α,β-unsaturated/α-hetero) is 1. The highest BCUT2D eigenvalue weighted by atomic mass is 16.6.